The van der Waals surface area contributed by atoms with Gasteiger partial charge in [-0.3, -0.25) is 4.90 Å². The molecule has 0 aromatic heterocycles. The second-order valence-electron chi connectivity index (χ2n) is 6.60. The molecule has 0 heterocycles. The van der Waals surface area contributed by atoms with Crippen LogP contribution in [-0.2, 0) is 13.0 Å². The summed E-state index contributed by atoms with van der Waals surface area (Å²) in [7, 11) is 6.29. The Morgan fingerprint density at radius 2 is 1.62 bits per heavy atom. The van der Waals surface area contributed by atoms with Crippen molar-refractivity contribution < 1.29 is 0 Å². The molecule has 0 radical (unpaired) electrons. The number of nitrogens with zero attached hydrogens (tertiary/aromatic N) is 2. The first-order chi connectivity index (χ1) is 10.0. The summed E-state index contributed by atoms with van der Waals surface area (Å²) in [6.07, 6.45) is 1.10. The van der Waals surface area contributed by atoms with Gasteiger partial charge in [-0.05, 0) is 51.2 Å². The molecule has 0 spiro atoms. The quantitative estimate of drug-likeness (QED) is 0.714. The lowest BCUT2D eigenvalue weighted by Crippen LogP contribution is -2.33. The van der Waals surface area contributed by atoms with Gasteiger partial charge in [0.05, 0.1) is 0 Å². The standard InChI is InChI=1S/C18H33N3/c1-16(2)14-21(13-12-20(4)5)15-18-8-6-17(7-9-18)10-11-19-3/h6-9,16,19H,10-15H2,1-5H3. The van der Waals surface area contributed by atoms with Crippen LogP contribution in [0.1, 0.15) is 25.0 Å². The molecule has 0 aliphatic carbocycles. The fourth-order valence-electron chi connectivity index (χ4n) is 2.43. The van der Waals surface area contributed by atoms with Gasteiger partial charge in [-0.1, -0.05) is 38.1 Å². The Labute approximate surface area is 131 Å². The summed E-state index contributed by atoms with van der Waals surface area (Å²) in [6.45, 7) is 10.1. The van der Waals surface area contributed by atoms with E-state index in [1.807, 2.05) is 7.05 Å². The van der Waals surface area contributed by atoms with E-state index in [0.717, 1.165) is 39.1 Å². The zero-order valence-corrected chi connectivity index (χ0v) is 14.5. The van der Waals surface area contributed by atoms with Gasteiger partial charge in [0.2, 0.25) is 0 Å². The third-order valence-corrected chi connectivity index (χ3v) is 3.58. The zero-order valence-electron chi connectivity index (χ0n) is 14.5. The Balaban J connectivity index is 2.55. The van der Waals surface area contributed by atoms with Crippen molar-refractivity contribution in [3.8, 4) is 0 Å². The van der Waals surface area contributed by atoms with E-state index in [2.05, 4.69) is 67.3 Å². The molecular formula is C18H33N3. The molecule has 1 aromatic rings. The molecule has 0 fully saturated rings. The van der Waals surface area contributed by atoms with Crippen LogP contribution in [0.25, 0.3) is 0 Å². The lowest BCUT2D eigenvalue weighted by molar-refractivity contribution is 0.212. The molecule has 0 unspecified atom stereocenters. The lowest BCUT2D eigenvalue weighted by atomic mass is 10.1. The SMILES string of the molecule is CNCCc1ccc(CN(CCN(C)C)CC(C)C)cc1. The third-order valence-electron chi connectivity index (χ3n) is 3.58. The van der Waals surface area contributed by atoms with E-state index in [-0.39, 0.29) is 0 Å². The van der Waals surface area contributed by atoms with Crippen molar-refractivity contribution in [3.05, 3.63) is 35.4 Å². The minimum atomic E-state index is 0.710. The summed E-state index contributed by atoms with van der Waals surface area (Å²) in [5, 5.41) is 3.20. The van der Waals surface area contributed by atoms with Gasteiger partial charge in [0.15, 0.2) is 0 Å². The minimum absolute atomic E-state index is 0.710. The maximum absolute atomic E-state index is 3.20. The summed E-state index contributed by atoms with van der Waals surface area (Å²) in [5.41, 5.74) is 2.83. The number of rotatable bonds is 10. The van der Waals surface area contributed by atoms with Crippen LogP contribution in [-0.4, -0.2) is 57.1 Å². The van der Waals surface area contributed by atoms with Crippen molar-refractivity contribution in [2.75, 3.05) is 47.3 Å². The average Bonchev–Trinajstić information content (AvgIpc) is 2.43. The molecular weight excluding hydrogens is 258 g/mol. The largest absolute Gasteiger partial charge is 0.319 e. The summed E-state index contributed by atoms with van der Waals surface area (Å²) < 4.78 is 0. The van der Waals surface area contributed by atoms with E-state index < -0.39 is 0 Å². The van der Waals surface area contributed by atoms with Crippen LogP contribution in [0.4, 0.5) is 0 Å². The monoisotopic (exact) mass is 291 g/mol. The van der Waals surface area contributed by atoms with E-state index in [9.17, 15) is 0 Å². The molecule has 0 atom stereocenters. The van der Waals surface area contributed by atoms with Gasteiger partial charge in [0.25, 0.3) is 0 Å². The Morgan fingerprint density at radius 3 is 2.14 bits per heavy atom. The number of likely N-dealkylation sites (N-methyl/N-ethyl adjacent to an activating group) is 2. The van der Waals surface area contributed by atoms with Crippen molar-refractivity contribution in [3.63, 3.8) is 0 Å². The molecule has 21 heavy (non-hydrogen) atoms. The smallest absolute Gasteiger partial charge is 0.0234 e. The third kappa shape index (κ3) is 8.20. The minimum Gasteiger partial charge on any atom is -0.319 e. The van der Waals surface area contributed by atoms with Crippen molar-refractivity contribution in [2.24, 2.45) is 5.92 Å². The molecule has 1 aromatic carbocycles. The van der Waals surface area contributed by atoms with E-state index in [0.29, 0.717) is 5.92 Å². The number of benzene rings is 1. The van der Waals surface area contributed by atoms with Crippen molar-refractivity contribution in [2.45, 2.75) is 26.8 Å². The molecule has 0 bridgehead atoms. The fourth-order valence-corrected chi connectivity index (χ4v) is 2.43. The topological polar surface area (TPSA) is 18.5 Å². The van der Waals surface area contributed by atoms with Gasteiger partial charge in [0, 0.05) is 26.2 Å². The van der Waals surface area contributed by atoms with E-state index in [4.69, 9.17) is 0 Å². The number of nitrogens with one attached hydrogen (secondary N) is 1. The molecule has 3 heteroatoms. The first-order valence-electron chi connectivity index (χ1n) is 8.10. The molecule has 0 aliphatic heterocycles. The van der Waals surface area contributed by atoms with E-state index >= 15 is 0 Å². The van der Waals surface area contributed by atoms with Crippen molar-refractivity contribution in [1.29, 1.82) is 0 Å². The van der Waals surface area contributed by atoms with Crippen LogP contribution < -0.4 is 5.32 Å². The van der Waals surface area contributed by atoms with E-state index in [1.165, 1.54) is 11.1 Å². The Bertz CT molecular complexity index is 371. The van der Waals surface area contributed by atoms with Crippen LogP contribution in [0, 0.1) is 5.92 Å². The molecule has 0 saturated carbocycles. The highest BCUT2D eigenvalue weighted by Crippen LogP contribution is 2.10. The fraction of sp³-hybridized carbons (Fsp3) is 0.667. The summed E-state index contributed by atoms with van der Waals surface area (Å²) in [4.78, 5) is 4.82. The highest BCUT2D eigenvalue weighted by molar-refractivity contribution is 5.22. The van der Waals surface area contributed by atoms with Crippen LogP contribution in [0.3, 0.4) is 0 Å². The Morgan fingerprint density at radius 1 is 1.00 bits per heavy atom. The predicted molar refractivity (Wildman–Crippen MR) is 92.7 cm³/mol. The normalized spacial score (nSPS) is 11.8. The maximum atomic E-state index is 3.20. The van der Waals surface area contributed by atoms with Crippen LogP contribution >= 0.6 is 0 Å². The average molecular weight is 291 g/mol. The second kappa shape index (κ2) is 9.93. The number of hydrogen-bond acceptors (Lipinski definition) is 3. The Kier molecular flexibility index (Phi) is 8.58. The van der Waals surface area contributed by atoms with Crippen molar-refractivity contribution in [1.82, 2.24) is 15.1 Å². The van der Waals surface area contributed by atoms with Gasteiger partial charge in [-0.15, -0.1) is 0 Å². The predicted octanol–water partition coefficient (Wildman–Crippen LogP) is 2.47. The maximum Gasteiger partial charge on any atom is 0.0234 e. The van der Waals surface area contributed by atoms with Gasteiger partial charge in [-0.25, -0.2) is 0 Å². The molecule has 3 nitrogen and oxygen atoms in total. The molecule has 0 saturated heterocycles. The summed E-state index contributed by atoms with van der Waals surface area (Å²) in [5.74, 6) is 0.710. The molecule has 1 N–H and O–H groups in total. The lowest BCUT2D eigenvalue weighted by Gasteiger charge is -2.26. The first kappa shape index (κ1) is 18.1. The van der Waals surface area contributed by atoms with Gasteiger partial charge < -0.3 is 10.2 Å². The zero-order chi connectivity index (χ0) is 15.7. The second-order valence-corrected chi connectivity index (χ2v) is 6.60. The summed E-state index contributed by atoms with van der Waals surface area (Å²) >= 11 is 0. The van der Waals surface area contributed by atoms with Gasteiger partial charge >= 0.3 is 0 Å². The van der Waals surface area contributed by atoms with E-state index in [1.54, 1.807) is 0 Å². The molecule has 0 amide bonds. The van der Waals surface area contributed by atoms with Gasteiger partial charge in [0.1, 0.15) is 0 Å². The highest BCUT2D eigenvalue weighted by atomic mass is 15.2. The molecule has 120 valence electrons. The van der Waals surface area contributed by atoms with Crippen LogP contribution in [0.5, 0.6) is 0 Å². The van der Waals surface area contributed by atoms with Gasteiger partial charge in [-0.2, -0.15) is 0 Å². The first-order valence-corrected chi connectivity index (χ1v) is 8.10. The molecule has 1 rings (SSSR count). The van der Waals surface area contributed by atoms with Crippen molar-refractivity contribution >= 4 is 0 Å². The van der Waals surface area contributed by atoms with Crippen LogP contribution in [0.2, 0.25) is 0 Å². The van der Waals surface area contributed by atoms with Crippen LogP contribution in [0.15, 0.2) is 24.3 Å². The number of hydrogen-bond donors (Lipinski definition) is 1. The molecule has 0 aliphatic rings. The Hall–Kier alpha value is -0.900. The highest BCUT2D eigenvalue weighted by Gasteiger charge is 2.08. The summed E-state index contributed by atoms with van der Waals surface area (Å²) in [6, 6.07) is 9.11.